The Hall–Kier alpha value is -1.59. The highest BCUT2D eigenvalue weighted by atomic mass is 35.5. The second-order valence-corrected chi connectivity index (χ2v) is 3.85. The molecule has 2 N–H and O–H groups in total. The zero-order chi connectivity index (χ0) is 13.0. The fraction of sp³-hybridized carbons (Fsp3) is 0.100. The van der Waals surface area contributed by atoms with E-state index in [-0.39, 0.29) is 5.02 Å². The van der Waals surface area contributed by atoms with Crippen molar-refractivity contribution < 1.29 is 15.0 Å². The molecule has 0 heterocycles. The Kier molecular flexibility index (Phi) is 4.48. The topological polar surface area (TPSA) is 82.2 Å². The van der Waals surface area contributed by atoms with E-state index in [1.165, 1.54) is 25.1 Å². The standard InChI is InChI=1S/C10H8Cl2N2O3/c1-5(15)9(10(16)17)14-13-6-2-3-7(11)8(12)4-6/h2-4,15H,1H3,(H,16,17). The largest absolute Gasteiger partial charge is 0.510 e. The molecule has 0 spiro atoms. The first-order chi connectivity index (χ1) is 7.91. The monoisotopic (exact) mass is 274 g/mol. The fourth-order valence-electron chi connectivity index (χ4n) is 0.925. The summed E-state index contributed by atoms with van der Waals surface area (Å²) in [5, 5.41) is 25.5. The SMILES string of the molecule is CC(O)=C(N=Nc1ccc(Cl)c(Cl)c1)C(=O)O. The number of rotatable bonds is 3. The van der Waals surface area contributed by atoms with E-state index in [1.54, 1.807) is 0 Å². The number of halogens is 2. The van der Waals surface area contributed by atoms with Crippen molar-refractivity contribution in [2.45, 2.75) is 6.92 Å². The summed E-state index contributed by atoms with van der Waals surface area (Å²) in [5.74, 6) is -1.80. The fourth-order valence-corrected chi connectivity index (χ4v) is 1.22. The Bertz CT molecular complexity index is 508. The van der Waals surface area contributed by atoms with Crippen LogP contribution in [0.3, 0.4) is 0 Å². The predicted octanol–water partition coefficient (Wildman–Crippen LogP) is 3.95. The summed E-state index contributed by atoms with van der Waals surface area (Å²) in [6.07, 6.45) is 0. The minimum absolute atomic E-state index is 0.282. The summed E-state index contributed by atoms with van der Waals surface area (Å²) in [6.45, 7) is 1.21. The van der Waals surface area contributed by atoms with Gasteiger partial charge in [0.05, 0.1) is 15.7 Å². The van der Waals surface area contributed by atoms with Gasteiger partial charge in [-0.2, -0.15) is 5.11 Å². The first kappa shape index (κ1) is 13.5. The number of carboxylic acids is 1. The normalized spacial score (nSPS) is 12.6. The minimum atomic E-state index is -1.37. The number of aliphatic hydroxyl groups is 1. The smallest absolute Gasteiger partial charge is 0.359 e. The average Bonchev–Trinajstić information content (AvgIpc) is 2.22. The van der Waals surface area contributed by atoms with Crippen molar-refractivity contribution in [3.63, 3.8) is 0 Å². The molecule has 0 amide bonds. The van der Waals surface area contributed by atoms with Crippen LogP contribution in [0.25, 0.3) is 0 Å². The number of azo groups is 1. The van der Waals surface area contributed by atoms with Crippen LogP contribution in [-0.2, 0) is 4.79 Å². The minimum Gasteiger partial charge on any atom is -0.510 e. The van der Waals surface area contributed by atoms with Gasteiger partial charge >= 0.3 is 5.97 Å². The molecule has 0 aliphatic rings. The van der Waals surface area contributed by atoms with Gasteiger partial charge in [-0.15, -0.1) is 5.11 Å². The molecule has 0 aliphatic carbocycles. The molecule has 0 saturated carbocycles. The van der Waals surface area contributed by atoms with Crippen LogP contribution in [-0.4, -0.2) is 16.2 Å². The van der Waals surface area contributed by atoms with Crippen molar-refractivity contribution in [2.24, 2.45) is 10.2 Å². The lowest BCUT2D eigenvalue weighted by Crippen LogP contribution is -2.00. The Labute approximate surface area is 107 Å². The maximum atomic E-state index is 10.7. The van der Waals surface area contributed by atoms with E-state index in [4.69, 9.17) is 33.4 Å². The number of aliphatic carboxylic acids is 1. The Balaban J connectivity index is 3.01. The molecule has 17 heavy (non-hydrogen) atoms. The molecular formula is C10H8Cl2N2O3. The van der Waals surface area contributed by atoms with Crippen LogP contribution >= 0.6 is 23.2 Å². The van der Waals surface area contributed by atoms with E-state index >= 15 is 0 Å². The van der Waals surface area contributed by atoms with Crippen LogP contribution in [0.15, 0.2) is 39.9 Å². The van der Waals surface area contributed by atoms with E-state index in [0.29, 0.717) is 10.7 Å². The molecule has 0 atom stereocenters. The quantitative estimate of drug-likeness (QED) is 0.497. The molecule has 0 radical (unpaired) electrons. The third-order valence-electron chi connectivity index (χ3n) is 1.71. The molecular weight excluding hydrogens is 267 g/mol. The van der Waals surface area contributed by atoms with Crippen molar-refractivity contribution in [1.82, 2.24) is 0 Å². The lowest BCUT2D eigenvalue weighted by molar-refractivity contribution is -0.132. The van der Waals surface area contributed by atoms with Crippen LogP contribution in [0.4, 0.5) is 5.69 Å². The van der Waals surface area contributed by atoms with Crippen molar-refractivity contribution in [3.05, 3.63) is 39.7 Å². The van der Waals surface area contributed by atoms with Gasteiger partial charge in [0, 0.05) is 0 Å². The highest BCUT2D eigenvalue weighted by molar-refractivity contribution is 6.42. The van der Waals surface area contributed by atoms with Gasteiger partial charge in [-0.25, -0.2) is 4.79 Å². The van der Waals surface area contributed by atoms with Crippen LogP contribution in [0.2, 0.25) is 10.0 Å². The van der Waals surface area contributed by atoms with Crippen LogP contribution in [0.1, 0.15) is 6.92 Å². The summed E-state index contributed by atoms with van der Waals surface area (Å²) >= 11 is 11.4. The second kappa shape index (κ2) is 5.65. The van der Waals surface area contributed by atoms with Gasteiger partial charge in [-0.3, -0.25) is 0 Å². The lowest BCUT2D eigenvalue weighted by atomic mass is 10.3. The Morgan fingerprint density at radius 1 is 1.24 bits per heavy atom. The average molecular weight is 275 g/mol. The van der Waals surface area contributed by atoms with Crippen LogP contribution < -0.4 is 0 Å². The number of hydrogen-bond donors (Lipinski definition) is 2. The van der Waals surface area contributed by atoms with Gasteiger partial charge in [0.2, 0.25) is 5.70 Å². The van der Waals surface area contributed by atoms with E-state index in [2.05, 4.69) is 10.2 Å². The van der Waals surface area contributed by atoms with E-state index in [9.17, 15) is 4.79 Å². The van der Waals surface area contributed by atoms with Crippen molar-refractivity contribution in [1.29, 1.82) is 0 Å². The molecule has 1 rings (SSSR count). The summed E-state index contributed by atoms with van der Waals surface area (Å²) in [5.41, 5.74) is -0.199. The van der Waals surface area contributed by atoms with Gasteiger partial charge < -0.3 is 10.2 Å². The number of nitrogens with zero attached hydrogens (tertiary/aromatic N) is 2. The summed E-state index contributed by atoms with van der Waals surface area (Å²) < 4.78 is 0. The van der Waals surface area contributed by atoms with Gasteiger partial charge in [0.15, 0.2) is 0 Å². The number of hydrogen-bond acceptors (Lipinski definition) is 4. The summed E-state index contributed by atoms with van der Waals surface area (Å²) in [7, 11) is 0. The van der Waals surface area contributed by atoms with Crippen molar-refractivity contribution in [3.8, 4) is 0 Å². The molecule has 5 nitrogen and oxygen atoms in total. The second-order valence-electron chi connectivity index (χ2n) is 3.04. The summed E-state index contributed by atoms with van der Waals surface area (Å²) in [6, 6.07) is 4.46. The molecule has 0 aromatic heterocycles. The molecule has 7 heteroatoms. The van der Waals surface area contributed by atoms with Crippen LogP contribution in [0, 0.1) is 0 Å². The van der Waals surface area contributed by atoms with E-state index in [0.717, 1.165) is 0 Å². The Morgan fingerprint density at radius 2 is 1.88 bits per heavy atom. The van der Waals surface area contributed by atoms with Gasteiger partial charge in [0.1, 0.15) is 5.76 Å². The molecule has 1 aromatic carbocycles. The zero-order valence-electron chi connectivity index (χ0n) is 8.69. The molecule has 0 aliphatic heterocycles. The third-order valence-corrected chi connectivity index (χ3v) is 2.45. The number of carbonyl (C=O) groups is 1. The van der Waals surface area contributed by atoms with E-state index < -0.39 is 17.4 Å². The first-order valence-electron chi connectivity index (χ1n) is 4.41. The number of carboxylic acid groups (broad SMARTS) is 1. The number of allylic oxidation sites excluding steroid dienone is 1. The molecule has 0 fully saturated rings. The molecule has 0 unspecified atom stereocenters. The number of aliphatic hydroxyl groups excluding tert-OH is 1. The lowest BCUT2D eigenvalue weighted by Gasteiger charge is -1.97. The third kappa shape index (κ3) is 3.72. The molecule has 0 bridgehead atoms. The maximum absolute atomic E-state index is 10.7. The first-order valence-corrected chi connectivity index (χ1v) is 5.17. The van der Waals surface area contributed by atoms with Gasteiger partial charge in [-0.1, -0.05) is 23.2 Å². The van der Waals surface area contributed by atoms with Crippen molar-refractivity contribution in [2.75, 3.05) is 0 Å². The highest BCUT2D eigenvalue weighted by Gasteiger charge is 2.10. The maximum Gasteiger partial charge on any atom is 0.359 e. The van der Waals surface area contributed by atoms with Gasteiger partial charge in [0.25, 0.3) is 0 Å². The molecule has 1 aromatic rings. The predicted molar refractivity (Wildman–Crippen MR) is 63.9 cm³/mol. The molecule has 0 saturated heterocycles. The molecule has 90 valence electrons. The van der Waals surface area contributed by atoms with Crippen molar-refractivity contribution >= 4 is 34.9 Å². The Morgan fingerprint density at radius 3 is 2.35 bits per heavy atom. The van der Waals surface area contributed by atoms with Gasteiger partial charge in [-0.05, 0) is 25.1 Å². The zero-order valence-corrected chi connectivity index (χ0v) is 10.2. The highest BCUT2D eigenvalue weighted by Crippen LogP contribution is 2.27. The van der Waals surface area contributed by atoms with E-state index in [1.807, 2.05) is 0 Å². The summed E-state index contributed by atoms with van der Waals surface area (Å²) in [4.78, 5) is 10.7. The van der Waals surface area contributed by atoms with Crippen LogP contribution in [0.5, 0.6) is 0 Å². The number of benzene rings is 1.